The number of hydrogen-bond donors (Lipinski definition) is 0. The Morgan fingerprint density at radius 1 is 1.00 bits per heavy atom. The van der Waals surface area contributed by atoms with Gasteiger partial charge in [-0.25, -0.2) is 0 Å². The topological polar surface area (TPSA) is 44.8 Å². The fourth-order valence-corrected chi connectivity index (χ4v) is 1.28. The summed E-state index contributed by atoms with van der Waals surface area (Å²) in [6.45, 7) is 3.85. The molecule has 0 saturated heterocycles. The molecule has 0 radical (unpaired) electrons. The highest BCUT2D eigenvalue weighted by atomic mass is 19.4. The Morgan fingerprint density at radius 2 is 1.47 bits per heavy atom. The summed E-state index contributed by atoms with van der Waals surface area (Å²) in [5, 5.41) is 0. The molecule has 0 bridgehead atoms. The molecule has 0 unspecified atom stereocenters. The summed E-state index contributed by atoms with van der Waals surface area (Å²) < 4.78 is 52.4. The first-order chi connectivity index (χ1) is 7.83. The van der Waals surface area contributed by atoms with Crippen molar-refractivity contribution in [1.29, 1.82) is 0 Å². The Balaban J connectivity index is 4.96. The molecule has 0 aliphatic heterocycles. The lowest BCUT2D eigenvalue weighted by Gasteiger charge is -2.33. The largest absolute Gasteiger partial charge is 0.466 e. The van der Waals surface area contributed by atoms with E-state index in [2.05, 4.69) is 14.2 Å². The molecule has 0 saturated carbocycles. The van der Waals surface area contributed by atoms with E-state index in [1.165, 1.54) is 20.8 Å². The molecule has 0 atom stereocenters. The third-order valence-corrected chi connectivity index (χ3v) is 1.87. The van der Waals surface area contributed by atoms with Crippen molar-refractivity contribution in [2.24, 2.45) is 0 Å². The lowest BCUT2D eigenvalue weighted by Crippen LogP contribution is -2.51. The Kier molecular flexibility index (Phi) is 6.48. The normalized spacial score (nSPS) is 12.6. The van der Waals surface area contributed by atoms with Gasteiger partial charge in [0.2, 0.25) is 0 Å². The minimum Gasteiger partial charge on any atom is -0.466 e. The minimum absolute atomic E-state index is 0.00498. The van der Waals surface area contributed by atoms with Gasteiger partial charge >= 0.3 is 12.1 Å². The predicted octanol–water partition coefficient (Wildman–Crippen LogP) is 2.27. The molecule has 0 aliphatic rings. The molecule has 0 aromatic heterocycles. The third-order valence-electron chi connectivity index (χ3n) is 1.87. The van der Waals surface area contributed by atoms with E-state index in [4.69, 9.17) is 0 Å². The Hall–Kier alpha value is -0.820. The van der Waals surface area contributed by atoms with E-state index in [1.807, 2.05) is 0 Å². The third kappa shape index (κ3) is 4.51. The van der Waals surface area contributed by atoms with Crippen molar-refractivity contribution < 1.29 is 32.2 Å². The molecule has 7 heteroatoms. The highest BCUT2D eigenvalue weighted by molar-refractivity contribution is 5.70. The van der Waals surface area contributed by atoms with Gasteiger partial charge in [-0.05, 0) is 20.8 Å². The Bertz CT molecular complexity index is 234. The summed E-state index contributed by atoms with van der Waals surface area (Å²) in [6.07, 6.45) is -5.81. The van der Waals surface area contributed by atoms with Crippen molar-refractivity contribution in [2.75, 3.05) is 19.8 Å². The number of carbonyl (C=O) groups is 1. The van der Waals surface area contributed by atoms with Crippen LogP contribution in [0.2, 0.25) is 0 Å². The number of ether oxygens (including phenoxy) is 3. The fraction of sp³-hybridized carbons (Fsp3) is 0.900. The summed E-state index contributed by atoms with van der Waals surface area (Å²) in [5.41, 5.74) is 0. The van der Waals surface area contributed by atoms with Gasteiger partial charge in [-0.2, -0.15) is 13.2 Å². The zero-order chi connectivity index (χ0) is 13.5. The van der Waals surface area contributed by atoms with E-state index in [0.29, 0.717) is 0 Å². The van der Waals surface area contributed by atoms with Crippen molar-refractivity contribution in [1.82, 2.24) is 0 Å². The summed E-state index contributed by atoms with van der Waals surface area (Å²) in [5.74, 6) is -3.92. The van der Waals surface area contributed by atoms with Gasteiger partial charge in [0.1, 0.15) is 6.42 Å². The van der Waals surface area contributed by atoms with Gasteiger partial charge in [-0.3, -0.25) is 4.79 Å². The van der Waals surface area contributed by atoms with Crippen LogP contribution < -0.4 is 0 Å². The highest BCUT2D eigenvalue weighted by Gasteiger charge is 2.59. The van der Waals surface area contributed by atoms with Gasteiger partial charge < -0.3 is 14.2 Å². The van der Waals surface area contributed by atoms with E-state index in [9.17, 15) is 18.0 Å². The molecule has 0 fully saturated rings. The molecule has 0 aliphatic carbocycles. The summed E-state index contributed by atoms with van der Waals surface area (Å²) in [6, 6.07) is 0. The molecule has 4 nitrogen and oxygen atoms in total. The van der Waals surface area contributed by atoms with Crippen molar-refractivity contribution >= 4 is 5.97 Å². The van der Waals surface area contributed by atoms with Crippen molar-refractivity contribution in [2.45, 2.75) is 39.2 Å². The monoisotopic (exact) mass is 258 g/mol. The zero-order valence-corrected chi connectivity index (χ0v) is 10.1. The first-order valence-corrected chi connectivity index (χ1v) is 5.33. The number of hydrogen-bond acceptors (Lipinski definition) is 4. The zero-order valence-electron chi connectivity index (χ0n) is 10.1. The lowest BCUT2D eigenvalue weighted by molar-refractivity contribution is -0.379. The number of carbonyl (C=O) groups excluding carboxylic acids is 1. The minimum atomic E-state index is -4.80. The molecule has 102 valence electrons. The van der Waals surface area contributed by atoms with E-state index < -0.39 is 24.4 Å². The van der Waals surface area contributed by atoms with E-state index in [0.717, 1.165) is 0 Å². The molecule has 0 heterocycles. The van der Waals surface area contributed by atoms with Crippen LogP contribution >= 0.6 is 0 Å². The van der Waals surface area contributed by atoms with Crippen LogP contribution in [0.5, 0.6) is 0 Å². The number of rotatable bonds is 7. The van der Waals surface area contributed by atoms with Crippen LogP contribution in [0, 0.1) is 0 Å². The number of alkyl halides is 3. The van der Waals surface area contributed by atoms with Crippen LogP contribution in [-0.4, -0.2) is 37.8 Å². The second-order valence-corrected chi connectivity index (χ2v) is 3.10. The standard InChI is InChI=1S/C10H17F3O4/c1-4-15-8(14)7-9(16-5-2,17-6-3)10(11,12)13/h4-7H2,1-3H3. The quantitative estimate of drug-likeness (QED) is 0.519. The maximum atomic E-state index is 12.9. The predicted molar refractivity (Wildman–Crippen MR) is 53.3 cm³/mol. The summed E-state index contributed by atoms with van der Waals surface area (Å²) >= 11 is 0. The van der Waals surface area contributed by atoms with Crippen LogP contribution in [-0.2, 0) is 19.0 Å². The average Bonchev–Trinajstić information content (AvgIpc) is 2.16. The molecule has 17 heavy (non-hydrogen) atoms. The molecule has 0 spiro atoms. The Morgan fingerprint density at radius 3 is 1.76 bits per heavy atom. The molecule has 0 aromatic carbocycles. The Labute approximate surface area is 98.0 Å². The van der Waals surface area contributed by atoms with Crippen molar-refractivity contribution in [3.63, 3.8) is 0 Å². The van der Waals surface area contributed by atoms with Crippen LogP contribution in [0.15, 0.2) is 0 Å². The first-order valence-electron chi connectivity index (χ1n) is 5.33. The smallest absolute Gasteiger partial charge is 0.443 e. The summed E-state index contributed by atoms with van der Waals surface area (Å²) in [7, 11) is 0. The van der Waals surface area contributed by atoms with Crippen LogP contribution in [0.4, 0.5) is 13.2 Å². The SMILES string of the molecule is CCOC(=O)CC(OCC)(OCC)C(F)(F)F. The second kappa shape index (κ2) is 6.80. The van der Waals surface area contributed by atoms with Crippen molar-refractivity contribution in [3.8, 4) is 0 Å². The van der Waals surface area contributed by atoms with Gasteiger partial charge in [0.05, 0.1) is 6.61 Å². The number of halogens is 3. The maximum Gasteiger partial charge on any atom is 0.443 e. The first kappa shape index (κ1) is 16.2. The second-order valence-electron chi connectivity index (χ2n) is 3.10. The molecule has 0 amide bonds. The van der Waals surface area contributed by atoms with Crippen LogP contribution in [0.25, 0.3) is 0 Å². The van der Waals surface area contributed by atoms with Gasteiger partial charge in [0, 0.05) is 13.2 Å². The average molecular weight is 258 g/mol. The molecule has 0 N–H and O–H groups in total. The van der Waals surface area contributed by atoms with Gasteiger partial charge in [0.25, 0.3) is 5.79 Å². The summed E-state index contributed by atoms with van der Waals surface area (Å²) in [4.78, 5) is 11.2. The van der Waals surface area contributed by atoms with Crippen molar-refractivity contribution in [3.05, 3.63) is 0 Å². The molecule has 0 aromatic rings. The lowest BCUT2D eigenvalue weighted by atomic mass is 10.1. The fourth-order valence-electron chi connectivity index (χ4n) is 1.28. The van der Waals surface area contributed by atoms with Crippen LogP contribution in [0.1, 0.15) is 27.2 Å². The molecule has 0 rings (SSSR count). The van der Waals surface area contributed by atoms with E-state index in [-0.39, 0.29) is 19.8 Å². The van der Waals surface area contributed by atoms with Crippen LogP contribution in [0.3, 0.4) is 0 Å². The maximum absolute atomic E-state index is 12.9. The van der Waals surface area contributed by atoms with E-state index >= 15 is 0 Å². The molecular weight excluding hydrogens is 241 g/mol. The van der Waals surface area contributed by atoms with Gasteiger partial charge in [0.15, 0.2) is 0 Å². The molecular formula is C10H17F3O4. The number of esters is 1. The van der Waals surface area contributed by atoms with Gasteiger partial charge in [-0.1, -0.05) is 0 Å². The van der Waals surface area contributed by atoms with E-state index in [1.54, 1.807) is 0 Å². The van der Waals surface area contributed by atoms with Gasteiger partial charge in [-0.15, -0.1) is 0 Å². The highest BCUT2D eigenvalue weighted by Crippen LogP contribution is 2.37.